The Bertz CT molecular complexity index is 413. The smallest absolute Gasteiger partial charge is 0.169 e. The first-order valence-corrected chi connectivity index (χ1v) is 7.40. The van der Waals surface area contributed by atoms with Crippen LogP contribution in [0, 0.1) is 5.82 Å². The van der Waals surface area contributed by atoms with Gasteiger partial charge in [-0.3, -0.25) is 0 Å². The van der Waals surface area contributed by atoms with Crippen LogP contribution in [0.25, 0.3) is 0 Å². The molecule has 1 aliphatic rings. The van der Waals surface area contributed by atoms with Crippen molar-refractivity contribution in [1.82, 2.24) is 10.2 Å². The maximum absolute atomic E-state index is 13.0. The predicted molar refractivity (Wildman–Crippen MR) is 80.5 cm³/mol. The van der Waals surface area contributed by atoms with Crippen molar-refractivity contribution in [1.29, 1.82) is 0 Å². The Morgan fingerprint density at radius 1 is 1.32 bits per heavy atom. The molecule has 1 aromatic rings. The number of hydrogen-bond donors (Lipinski definition) is 1. The molecule has 0 spiro atoms. The fourth-order valence-electron chi connectivity index (χ4n) is 2.62. The summed E-state index contributed by atoms with van der Waals surface area (Å²) < 4.78 is 13.0. The molecule has 1 fully saturated rings. The van der Waals surface area contributed by atoms with Gasteiger partial charge in [-0.05, 0) is 49.7 Å². The van der Waals surface area contributed by atoms with Gasteiger partial charge in [0.15, 0.2) is 5.11 Å². The molecule has 1 aliphatic carbocycles. The molecule has 0 heterocycles. The Kier molecular flexibility index (Phi) is 5.14. The molecule has 0 amide bonds. The summed E-state index contributed by atoms with van der Waals surface area (Å²) in [5.41, 5.74) is 1.11. The fraction of sp³-hybridized carbons (Fsp3) is 0.533. The highest BCUT2D eigenvalue weighted by Crippen LogP contribution is 2.25. The molecule has 2 rings (SSSR count). The third kappa shape index (κ3) is 3.90. The molecule has 0 aromatic heterocycles. The van der Waals surface area contributed by atoms with Crippen LogP contribution in [0.3, 0.4) is 0 Å². The lowest BCUT2D eigenvalue weighted by atomic mass is 10.1. The van der Waals surface area contributed by atoms with Crippen molar-refractivity contribution in [3.63, 3.8) is 0 Å². The van der Waals surface area contributed by atoms with E-state index in [1.807, 2.05) is 12.1 Å². The molecule has 0 atom stereocenters. The second-order valence-electron chi connectivity index (χ2n) is 5.03. The molecule has 104 valence electrons. The van der Waals surface area contributed by atoms with Crippen LogP contribution >= 0.6 is 12.2 Å². The number of hydrogen-bond acceptors (Lipinski definition) is 1. The van der Waals surface area contributed by atoms with Crippen LogP contribution in [0.4, 0.5) is 4.39 Å². The number of benzene rings is 1. The number of rotatable bonds is 4. The highest BCUT2D eigenvalue weighted by Gasteiger charge is 2.24. The molecule has 2 nitrogen and oxygen atoms in total. The fourth-order valence-corrected chi connectivity index (χ4v) is 2.98. The minimum atomic E-state index is -0.189. The normalized spacial score (nSPS) is 15.5. The molecule has 0 bridgehead atoms. The molecule has 1 N–H and O–H groups in total. The molecular weight excluding hydrogens is 259 g/mol. The molecule has 1 aromatic carbocycles. The summed E-state index contributed by atoms with van der Waals surface area (Å²) in [6.07, 6.45) is 4.96. The zero-order chi connectivity index (χ0) is 13.7. The Morgan fingerprint density at radius 3 is 2.53 bits per heavy atom. The third-order valence-electron chi connectivity index (χ3n) is 3.62. The Balaban J connectivity index is 2.08. The molecule has 0 unspecified atom stereocenters. The zero-order valence-corrected chi connectivity index (χ0v) is 12.2. The van der Waals surface area contributed by atoms with Crippen LogP contribution in [0.2, 0.25) is 0 Å². The van der Waals surface area contributed by atoms with Crippen molar-refractivity contribution in [3.8, 4) is 0 Å². The average molecular weight is 280 g/mol. The second-order valence-corrected chi connectivity index (χ2v) is 5.41. The number of thiocarbonyl (C=S) groups is 1. The van der Waals surface area contributed by atoms with Crippen molar-refractivity contribution in [2.45, 2.75) is 45.2 Å². The SMILES string of the molecule is CCNC(=S)N(Cc1ccc(F)cc1)C1CCCC1. The van der Waals surface area contributed by atoms with E-state index in [2.05, 4.69) is 17.1 Å². The van der Waals surface area contributed by atoms with Gasteiger partial charge in [-0.25, -0.2) is 4.39 Å². The average Bonchev–Trinajstić information content (AvgIpc) is 2.92. The van der Waals surface area contributed by atoms with Gasteiger partial charge in [0.05, 0.1) is 0 Å². The maximum Gasteiger partial charge on any atom is 0.169 e. The first kappa shape index (κ1) is 14.3. The van der Waals surface area contributed by atoms with E-state index in [1.54, 1.807) is 0 Å². The highest BCUT2D eigenvalue weighted by atomic mass is 32.1. The summed E-state index contributed by atoms with van der Waals surface area (Å²) >= 11 is 5.48. The zero-order valence-electron chi connectivity index (χ0n) is 11.4. The second kappa shape index (κ2) is 6.85. The molecule has 19 heavy (non-hydrogen) atoms. The van der Waals surface area contributed by atoms with E-state index in [9.17, 15) is 4.39 Å². The monoisotopic (exact) mass is 280 g/mol. The van der Waals surface area contributed by atoms with Crippen LogP contribution < -0.4 is 5.32 Å². The van der Waals surface area contributed by atoms with Gasteiger partial charge < -0.3 is 10.2 Å². The summed E-state index contributed by atoms with van der Waals surface area (Å²) in [5, 5.41) is 4.06. The van der Waals surface area contributed by atoms with Gasteiger partial charge in [-0.2, -0.15) is 0 Å². The lowest BCUT2D eigenvalue weighted by Gasteiger charge is -2.31. The van der Waals surface area contributed by atoms with E-state index in [0.29, 0.717) is 6.04 Å². The number of nitrogens with one attached hydrogen (secondary N) is 1. The van der Waals surface area contributed by atoms with Gasteiger partial charge in [0.2, 0.25) is 0 Å². The predicted octanol–water partition coefficient (Wildman–Crippen LogP) is 3.46. The minimum Gasteiger partial charge on any atom is -0.363 e. The summed E-state index contributed by atoms with van der Waals surface area (Å²) in [4.78, 5) is 2.26. The highest BCUT2D eigenvalue weighted by molar-refractivity contribution is 7.80. The van der Waals surface area contributed by atoms with Crippen molar-refractivity contribution >= 4 is 17.3 Å². The summed E-state index contributed by atoms with van der Waals surface area (Å²) in [5.74, 6) is -0.189. The lowest BCUT2D eigenvalue weighted by molar-refractivity contribution is 0.304. The van der Waals surface area contributed by atoms with E-state index >= 15 is 0 Å². The van der Waals surface area contributed by atoms with Gasteiger partial charge in [0, 0.05) is 19.1 Å². The summed E-state index contributed by atoms with van der Waals surface area (Å²) in [7, 11) is 0. The third-order valence-corrected chi connectivity index (χ3v) is 4.00. The number of nitrogens with zero attached hydrogens (tertiary/aromatic N) is 1. The van der Waals surface area contributed by atoms with Crippen LogP contribution in [-0.2, 0) is 6.54 Å². The first-order chi connectivity index (χ1) is 9.20. The van der Waals surface area contributed by atoms with Gasteiger partial charge in [0.1, 0.15) is 5.82 Å². The van der Waals surface area contributed by atoms with Crippen molar-refractivity contribution in [3.05, 3.63) is 35.6 Å². The van der Waals surface area contributed by atoms with E-state index in [0.717, 1.165) is 23.8 Å². The van der Waals surface area contributed by atoms with E-state index in [4.69, 9.17) is 12.2 Å². The van der Waals surface area contributed by atoms with Crippen molar-refractivity contribution in [2.75, 3.05) is 6.54 Å². The maximum atomic E-state index is 13.0. The Hall–Kier alpha value is -1.16. The summed E-state index contributed by atoms with van der Waals surface area (Å²) in [6.45, 7) is 3.65. The Morgan fingerprint density at radius 2 is 1.95 bits per heavy atom. The molecule has 0 saturated heterocycles. The van der Waals surface area contributed by atoms with E-state index in [-0.39, 0.29) is 5.82 Å². The van der Waals surface area contributed by atoms with Crippen LogP contribution in [-0.4, -0.2) is 22.6 Å². The van der Waals surface area contributed by atoms with Crippen molar-refractivity contribution in [2.24, 2.45) is 0 Å². The largest absolute Gasteiger partial charge is 0.363 e. The topological polar surface area (TPSA) is 15.3 Å². The standard InChI is InChI=1S/C15H21FN2S/c1-2-17-15(19)18(14-5-3-4-6-14)11-12-7-9-13(16)10-8-12/h7-10,14H,2-6,11H2,1H3,(H,17,19). The molecule has 1 saturated carbocycles. The molecule has 4 heteroatoms. The van der Waals surface area contributed by atoms with Gasteiger partial charge in [-0.15, -0.1) is 0 Å². The van der Waals surface area contributed by atoms with Gasteiger partial charge >= 0.3 is 0 Å². The molecule has 0 radical (unpaired) electrons. The van der Waals surface area contributed by atoms with E-state index in [1.165, 1.54) is 37.8 Å². The number of halogens is 1. The molecular formula is C15H21FN2S. The van der Waals surface area contributed by atoms with Crippen molar-refractivity contribution < 1.29 is 4.39 Å². The van der Waals surface area contributed by atoms with E-state index < -0.39 is 0 Å². The van der Waals surface area contributed by atoms with Crippen LogP contribution in [0.15, 0.2) is 24.3 Å². The summed E-state index contributed by atoms with van der Waals surface area (Å²) in [6, 6.07) is 7.23. The van der Waals surface area contributed by atoms with Gasteiger partial charge in [0.25, 0.3) is 0 Å². The van der Waals surface area contributed by atoms with Crippen LogP contribution in [0.1, 0.15) is 38.2 Å². The van der Waals surface area contributed by atoms with Gasteiger partial charge in [-0.1, -0.05) is 25.0 Å². The van der Waals surface area contributed by atoms with Crippen LogP contribution in [0.5, 0.6) is 0 Å². The lowest BCUT2D eigenvalue weighted by Crippen LogP contribution is -2.44. The Labute approximate surface area is 120 Å². The minimum absolute atomic E-state index is 0.189. The quantitative estimate of drug-likeness (QED) is 0.850. The molecule has 0 aliphatic heterocycles. The first-order valence-electron chi connectivity index (χ1n) is 6.99.